The summed E-state index contributed by atoms with van der Waals surface area (Å²) in [4.78, 5) is 23.8. The lowest BCUT2D eigenvalue weighted by atomic mass is 9.98. The van der Waals surface area contributed by atoms with Gasteiger partial charge in [0.05, 0.1) is 0 Å². The lowest BCUT2D eigenvalue weighted by Gasteiger charge is -2.19. The Bertz CT molecular complexity index is 1120. The van der Waals surface area contributed by atoms with Crippen molar-refractivity contribution in [1.82, 2.24) is 0 Å². The Labute approximate surface area is 213 Å². The lowest BCUT2D eigenvalue weighted by molar-refractivity contribution is -0.146. The zero-order valence-electron chi connectivity index (χ0n) is 22.3. The van der Waals surface area contributed by atoms with Gasteiger partial charge in [0.2, 0.25) is 0 Å². The van der Waals surface area contributed by atoms with Crippen LogP contribution < -0.4 is 9.47 Å². The van der Waals surface area contributed by atoms with E-state index in [9.17, 15) is 9.59 Å². The summed E-state index contributed by atoms with van der Waals surface area (Å²) in [7, 11) is 0. The Balaban J connectivity index is 1.87. The van der Waals surface area contributed by atoms with Gasteiger partial charge in [-0.2, -0.15) is 0 Å². The minimum absolute atomic E-state index is 0.187. The molecule has 0 saturated carbocycles. The fourth-order valence-electron chi connectivity index (χ4n) is 4.07. The summed E-state index contributed by atoms with van der Waals surface area (Å²) < 4.78 is 23.1. The largest absolute Gasteiger partial charge is 0.489 e. The molecule has 0 fully saturated rings. The molecule has 0 radical (unpaired) electrons. The van der Waals surface area contributed by atoms with E-state index in [0.717, 1.165) is 44.2 Å². The Morgan fingerprint density at radius 1 is 0.611 bits per heavy atom. The fourth-order valence-corrected chi connectivity index (χ4v) is 4.07. The highest BCUT2D eigenvalue weighted by Gasteiger charge is 2.17. The monoisotopic (exact) mass is 494 g/mol. The fraction of sp³-hybridized carbons (Fsp3) is 0.467. The van der Waals surface area contributed by atoms with Gasteiger partial charge in [-0.3, -0.25) is 9.59 Å². The Morgan fingerprint density at radius 2 is 1.00 bits per heavy atom. The molecular weight excluding hydrogens is 456 g/mol. The van der Waals surface area contributed by atoms with Gasteiger partial charge < -0.3 is 18.9 Å². The Kier molecular flexibility index (Phi) is 9.57. The predicted octanol–water partition coefficient (Wildman–Crippen LogP) is 6.55. The van der Waals surface area contributed by atoms with Crippen molar-refractivity contribution in [2.24, 2.45) is 11.8 Å². The van der Waals surface area contributed by atoms with Gasteiger partial charge in [-0.25, -0.2) is 0 Å². The summed E-state index contributed by atoms with van der Waals surface area (Å²) in [5, 5.41) is 3.68. The molecule has 0 aliphatic carbocycles. The van der Waals surface area contributed by atoms with Crippen LogP contribution in [-0.4, -0.2) is 38.4 Å². The second kappa shape index (κ2) is 12.6. The summed E-state index contributed by atoms with van der Waals surface area (Å²) in [6.45, 7) is 12.9. The molecule has 0 spiro atoms. The number of carbonyl (C=O) groups excluding carboxylic acids is 2. The molecule has 0 atom stereocenters. The highest BCUT2D eigenvalue weighted by atomic mass is 16.6. The Hall–Kier alpha value is -3.28. The van der Waals surface area contributed by atoms with Crippen LogP contribution in [0.3, 0.4) is 0 Å². The van der Waals surface area contributed by atoms with Crippen LogP contribution in [0.5, 0.6) is 11.5 Å². The highest BCUT2D eigenvalue weighted by Crippen LogP contribution is 2.43. The molecule has 0 saturated heterocycles. The number of rotatable bonds is 12. The van der Waals surface area contributed by atoms with Gasteiger partial charge in [-0.1, -0.05) is 63.1 Å². The zero-order valence-corrected chi connectivity index (χ0v) is 22.3. The van der Waals surface area contributed by atoms with Crippen molar-refractivity contribution in [3.63, 3.8) is 0 Å². The van der Waals surface area contributed by atoms with E-state index in [-0.39, 0.29) is 50.2 Å². The van der Waals surface area contributed by atoms with Crippen LogP contribution in [0.1, 0.15) is 51.7 Å². The van der Waals surface area contributed by atoms with E-state index in [2.05, 4.69) is 12.1 Å². The summed E-state index contributed by atoms with van der Waals surface area (Å²) in [5.74, 6) is 1.55. The van der Waals surface area contributed by atoms with Crippen LogP contribution >= 0.6 is 0 Å². The third-order valence-corrected chi connectivity index (χ3v) is 5.66. The number of benzene rings is 3. The lowest BCUT2D eigenvalue weighted by Crippen LogP contribution is -2.14. The molecule has 0 aliphatic rings. The van der Waals surface area contributed by atoms with Crippen LogP contribution in [0.15, 0.2) is 36.4 Å². The standard InChI is InChI=1S/C30H38O6/c1-19(2)15-27(31)33-11-13-35-29-23-9-7-22(6)18-26(23)30(24-10-8-21(5)17-25(24)29)36-14-12-34-28(32)16-20(3)4/h7-10,17-20H,11-16H2,1-6H3. The van der Waals surface area contributed by atoms with E-state index in [1.54, 1.807) is 0 Å². The van der Waals surface area contributed by atoms with Crippen molar-refractivity contribution in [3.05, 3.63) is 47.5 Å². The molecule has 0 N–H and O–H groups in total. The molecule has 0 heterocycles. The molecule has 36 heavy (non-hydrogen) atoms. The molecule has 0 unspecified atom stereocenters. The molecule has 0 aliphatic heterocycles. The normalized spacial score (nSPS) is 11.3. The molecule has 0 aromatic heterocycles. The van der Waals surface area contributed by atoms with E-state index >= 15 is 0 Å². The average Bonchev–Trinajstić information content (AvgIpc) is 2.79. The maximum absolute atomic E-state index is 11.9. The number of aryl methyl sites for hydroxylation is 2. The maximum Gasteiger partial charge on any atom is 0.306 e. The first-order chi connectivity index (χ1) is 17.2. The van der Waals surface area contributed by atoms with Gasteiger partial charge >= 0.3 is 11.9 Å². The Morgan fingerprint density at radius 3 is 1.36 bits per heavy atom. The van der Waals surface area contributed by atoms with Gasteiger partial charge in [-0.05, 0) is 37.8 Å². The minimum atomic E-state index is -0.215. The third kappa shape index (κ3) is 7.36. The van der Waals surface area contributed by atoms with Crippen molar-refractivity contribution in [3.8, 4) is 11.5 Å². The van der Waals surface area contributed by atoms with Crippen LogP contribution in [0.2, 0.25) is 0 Å². The van der Waals surface area contributed by atoms with Crippen LogP contribution in [-0.2, 0) is 19.1 Å². The van der Waals surface area contributed by atoms with Crippen molar-refractivity contribution in [2.45, 2.75) is 54.4 Å². The highest BCUT2D eigenvalue weighted by molar-refractivity contribution is 6.11. The molecule has 0 bridgehead atoms. The summed E-state index contributed by atoms with van der Waals surface area (Å²) in [6, 6.07) is 12.3. The first-order valence-electron chi connectivity index (χ1n) is 12.7. The van der Waals surface area contributed by atoms with E-state index in [1.165, 1.54) is 0 Å². The van der Waals surface area contributed by atoms with Gasteiger partial charge in [0, 0.05) is 34.4 Å². The molecule has 3 aromatic rings. The van der Waals surface area contributed by atoms with E-state index in [4.69, 9.17) is 18.9 Å². The molecular formula is C30H38O6. The van der Waals surface area contributed by atoms with Gasteiger partial charge in [0.15, 0.2) is 0 Å². The number of esters is 2. The number of hydrogen-bond donors (Lipinski definition) is 0. The predicted molar refractivity (Wildman–Crippen MR) is 143 cm³/mol. The SMILES string of the molecule is Cc1ccc2c(OCCOC(=O)CC(C)C)c3cc(C)ccc3c(OCCOC(=O)CC(C)C)c2c1. The topological polar surface area (TPSA) is 71.1 Å². The number of fused-ring (bicyclic) bond motifs is 2. The van der Waals surface area contributed by atoms with Crippen molar-refractivity contribution >= 4 is 33.5 Å². The third-order valence-electron chi connectivity index (χ3n) is 5.66. The molecule has 194 valence electrons. The minimum Gasteiger partial charge on any atom is -0.489 e. The second-order valence-electron chi connectivity index (χ2n) is 10.1. The molecule has 0 amide bonds. The maximum atomic E-state index is 11.9. The van der Waals surface area contributed by atoms with Crippen molar-refractivity contribution < 1.29 is 28.5 Å². The zero-order chi connectivity index (χ0) is 26.2. The van der Waals surface area contributed by atoms with Crippen LogP contribution in [0, 0.1) is 25.7 Å². The van der Waals surface area contributed by atoms with Gasteiger partial charge in [0.25, 0.3) is 0 Å². The van der Waals surface area contributed by atoms with E-state index < -0.39 is 0 Å². The number of hydrogen-bond acceptors (Lipinski definition) is 6. The van der Waals surface area contributed by atoms with E-state index in [0.29, 0.717) is 12.8 Å². The quantitative estimate of drug-likeness (QED) is 0.162. The molecule has 3 aromatic carbocycles. The molecule has 6 nitrogen and oxygen atoms in total. The first-order valence-corrected chi connectivity index (χ1v) is 12.7. The van der Waals surface area contributed by atoms with Crippen molar-refractivity contribution in [1.29, 1.82) is 0 Å². The van der Waals surface area contributed by atoms with Crippen LogP contribution in [0.25, 0.3) is 21.5 Å². The van der Waals surface area contributed by atoms with Gasteiger partial charge in [-0.15, -0.1) is 0 Å². The second-order valence-corrected chi connectivity index (χ2v) is 10.1. The summed E-state index contributed by atoms with van der Waals surface area (Å²) in [5.41, 5.74) is 2.19. The summed E-state index contributed by atoms with van der Waals surface area (Å²) >= 11 is 0. The molecule has 3 rings (SSSR count). The van der Waals surface area contributed by atoms with Crippen LogP contribution in [0.4, 0.5) is 0 Å². The number of carbonyl (C=O) groups is 2. The van der Waals surface area contributed by atoms with E-state index in [1.807, 2.05) is 65.8 Å². The van der Waals surface area contributed by atoms with Gasteiger partial charge in [0.1, 0.15) is 37.9 Å². The smallest absolute Gasteiger partial charge is 0.306 e. The molecule has 6 heteroatoms. The number of ether oxygens (including phenoxy) is 4. The first kappa shape index (κ1) is 27.3. The van der Waals surface area contributed by atoms with Crippen molar-refractivity contribution in [2.75, 3.05) is 26.4 Å². The average molecular weight is 495 g/mol. The summed E-state index contributed by atoms with van der Waals surface area (Å²) in [6.07, 6.45) is 0.784.